The summed E-state index contributed by atoms with van der Waals surface area (Å²) in [4.78, 5) is 23.6. The van der Waals surface area contributed by atoms with Crippen LogP contribution < -0.4 is 5.32 Å². The lowest BCUT2D eigenvalue weighted by Crippen LogP contribution is -2.35. The summed E-state index contributed by atoms with van der Waals surface area (Å²) in [6, 6.07) is 8.80. The third-order valence-corrected chi connectivity index (χ3v) is 6.19. The van der Waals surface area contributed by atoms with Crippen LogP contribution in [0.15, 0.2) is 34.7 Å². The van der Waals surface area contributed by atoms with Gasteiger partial charge in [-0.05, 0) is 5.56 Å². The Morgan fingerprint density at radius 1 is 1.12 bits per heavy atom. The molecule has 1 N–H and O–H groups in total. The van der Waals surface area contributed by atoms with Gasteiger partial charge in [0.15, 0.2) is 0 Å². The summed E-state index contributed by atoms with van der Waals surface area (Å²) in [6.45, 7) is 3.16. The van der Waals surface area contributed by atoms with Crippen LogP contribution in [0.25, 0.3) is 0 Å². The third kappa shape index (κ3) is 4.60. The summed E-state index contributed by atoms with van der Waals surface area (Å²) < 4.78 is 26.1. The van der Waals surface area contributed by atoms with Gasteiger partial charge in [-0.25, -0.2) is 4.31 Å². The lowest BCUT2D eigenvalue weighted by Gasteiger charge is -2.20. The third-order valence-electron chi connectivity index (χ3n) is 3.23. The smallest absolute Gasteiger partial charge is 0.296 e. The number of sulfonamides is 1. The van der Waals surface area contributed by atoms with Crippen molar-refractivity contribution in [1.82, 2.24) is 14.5 Å². The molecule has 0 spiro atoms. The SMILES string of the molecule is CCC(=O)Nc1nnc(S(=O)(=O)N(Cc2ccccc2)C(=O)CC)s1. The number of carbonyl (C=O) groups excluding carboxylic acids is 2. The van der Waals surface area contributed by atoms with Crippen LogP contribution in [-0.2, 0) is 26.2 Å². The number of anilines is 1. The zero-order valence-electron chi connectivity index (χ0n) is 13.8. The number of nitrogens with zero attached hydrogens (tertiary/aromatic N) is 3. The van der Waals surface area contributed by atoms with E-state index in [1.54, 1.807) is 44.2 Å². The Morgan fingerprint density at radius 3 is 2.40 bits per heavy atom. The maximum absolute atomic E-state index is 12.8. The largest absolute Gasteiger partial charge is 0.301 e. The first-order chi connectivity index (χ1) is 11.9. The van der Waals surface area contributed by atoms with Crippen molar-refractivity contribution in [2.45, 2.75) is 37.6 Å². The van der Waals surface area contributed by atoms with Gasteiger partial charge in [0.2, 0.25) is 16.9 Å². The van der Waals surface area contributed by atoms with Gasteiger partial charge in [0.05, 0.1) is 6.54 Å². The van der Waals surface area contributed by atoms with Gasteiger partial charge in [0.25, 0.3) is 14.4 Å². The molecule has 2 aromatic rings. The molecule has 0 radical (unpaired) electrons. The van der Waals surface area contributed by atoms with Gasteiger partial charge >= 0.3 is 0 Å². The molecule has 0 unspecified atom stereocenters. The predicted octanol–water partition coefficient (Wildman–Crippen LogP) is 2.01. The van der Waals surface area contributed by atoms with Crippen LogP contribution in [0.5, 0.6) is 0 Å². The molecule has 0 saturated carbocycles. The molecule has 2 rings (SSSR count). The molecule has 0 fully saturated rings. The normalized spacial score (nSPS) is 11.1. The fourth-order valence-electron chi connectivity index (χ4n) is 1.90. The van der Waals surface area contributed by atoms with E-state index in [0.29, 0.717) is 16.9 Å². The van der Waals surface area contributed by atoms with Crippen LogP contribution >= 0.6 is 11.3 Å². The molecule has 0 aliphatic carbocycles. The van der Waals surface area contributed by atoms with Crippen molar-refractivity contribution in [3.05, 3.63) is 35.9 Å². The molecule has 0 aliphatic rings. The highest BCUT2D eigenvalue weighted by atomic mass is 32.2. The average molecular weight is 382 g/mol. The molecule has 0 bridgehead atoms. The Labute approximate surface area is 149 Å². The molecule has 10 heteroatoms. The second-order valence-corrected chi connectivity index (χ2v) is 8.03. The Morgan fingerprint density at radius 2 is 1.80 bits per heavy atom. The maximum Gasteiger partial charge on any atom is 0.296 e. The topological polar surface area (TPSA) is 109 Å². The lowest BCUT2D eigenvalue weighted by atomic mass is 10.2. The van der Waals surface area contributed by atoms with Gasteiger partial charge in [-0.15, -0.1) is 10.2 Å². The summed E-state index contributed by atoms with van der Waals surface area (Å²) in [5.74, 6) is -0.843. The van der Waals surface area contributed by atoms with Crippen LogP contribution in [0.3, 0.4) is 0 Å². The maximum atomic E-state index is 12.8. The van der Waals surface area contributed by atoms with Crippen molar-refractivity contribution in [1.29, 1.82) is 0 Å². The lowest BCUT2D eigenvalue weighted by molar-refractivity contribution is -0.126. The summed E-state index contributed by atoms with van der Waals surface area (Å²) in [6.07, 6.45) is 0.264. The molecule has 2 amide bonds. The summed E-state index contributed by atoms with van der Waals surface area (Å²) in [7, 11) is -4.15. The second-order valence-electron chi connectivity index (χ2n) is 5.02. The molecule has 0 atom stereocenters. The van der Waals surface area contributed by atoms with Gasteiger partial charge in [0, 0.05) is 12.8 Å². The fraction of sp³-hybridized carbons (Fsp3) is 0.333. The molecule has 0 saturated heterocycles. The number of aromatic nitrogens is 2. The summed E-state index contributed by atoms with van der Waals surface area (Å²) in [5, 5.41) is 9.82. The number of nitrogens with one attached hydrogen (secondary N) is 1. The van der Waals surface area contributed by atoms with E-state index in [-0.39, 0.29) is 34.8 Å². The van der Waals surface area contributed by atoms with Gasteiger partial charge < -0.3 is 5.32 Å². The van der Waals surface area contributed by atoms with E-state index in [9.17, 15) is 18.0 Å². The first kappa shape index (κ1) is 19.0. The minimum absolute atomic E-state index is 0.0320. The van der Waals surface area contributed by atoms with E-state index in [1.807, 2.05) is 0 Å². The van der Waals surface area contributed by atoms with Crippen LogP contribution in [-0.4, -0.2) is 34.7 Å². The summed E-state index contributed by atoms with van der Waals surface area (Å²) in [5.41, 5.74) is 0.678. The summed E-state index contributed by atoms with van der Waals surface area (Å²) >= 11 is 0.714. The van der Waals surface area contributed by atoms with Crippen LogP contribution in [0.2, 0.25) is 0 Å². The Bertz CT molecular complexity index is 849. The highest BCUT2D eigenvalue weighted by molar-refractivity contribution is 7.91. The molecule has 25 heavy (non-hydrogen) atoms. The van der Waals surface area contributed by atoms with Crippen LogP contribution in [0.4, 0.5) is 5.13 Å². The highest BCUT2D eigenvalue weighted by Gasteiger charge is 2.32. The van der Waals surface area contributed by atoms with Gasteiger partial charge in [0.1, 0.15) is 0 Å². The Kier molecular flexibility index (Phi) is 6.21. The molecule has 1 aromatic heterocycles. The molecule has 1 heterocycles. The first-order valence-corrected chi connectivity index (χ1v) is 9.87. The van der Waals surface area contributed by atoms with Gasteiger partial charge in [-0.1, -0.05) is 55.5 Å². The Hall–Kier alpha value is -2.33. The zero-order chi connectivity index (χ0) is 18.4. The fourth-order valence-corrected chi connectivity index (χ4v) is 4.37. The highest BCUT2D eigenvalue weighted by Crippen LogP contribution is 2.25. The van der Waals surface area contributed by atoms with E-state index in [0.717, 1.165) is 4.31 Å². The van der Waals surface area contributed by atoms with E-state index < -0.39 is 15.9 Å². The molecule has 0 aliphatic heterocycles. The van der Waals surface area contributed by atoms with Crippen LogP contribution in [0.1, 0.15) is 32.3 Å². The van der Waals surface area contributed by atoms with Gasteiger partial charge in [-0.3, -0.25) is 9.59 Å². The van der Waals surface area contributed by atoms with Crippen LogP contribution in [0, 0.1) is 0 Å². The monoisotopic (exact) mass is 382 g/mol. The van der Waals surface area contributed by atoms with E-state index in [1.165, 1.54) is 0 Å². The molecular weight excluding hydrogens is 364 g/mol. The minimum Gasteiger partial charge on any atom is -0.301 e. The minimum atomic E-state index is -4.15. The molecule has 134 valence electrons. The van der Waals surface area contributed by atoms with Crippen molar-refractivity contribution in [2.75, 3.05) is 5.32 Å². The number of carbonyl (C=O) groups is 2. The predicted molar refractivity (Wildman–Crippen MR) is 93.3 cm³/mol. The number of benzene rings is 1. The molecule has 1 aromatic carbocycles. The average Bonchev–Trinajstić information content (AvgIpc) is 3.09. The van der Waals surface area contributed by atoms with E-state index in [2.05, 4.69) is 15.5 Å². The van der Waals surface area contributed by atoms with Crippen molar-refractivity contribution in [3.8, 4) is 0 Å². The zero-order valence-corrected chi connectivity index (χ0v) is 15.4. The van der Waals surface area contributed by atoms with E-state index in [4.69, 9.17) is 0 Å². The number of hydrogen-bond donors (Lipinski definition) is 1. The van der Waals surface area contributed by atoms with Crippen molar-refractivity contribution < 1.29 is 18.0 Å². The number of rotatable bonds is 7. The standard InChI is InChI=1S/C15H18N4O4S2/c1-3-12(20)16-14-17-18-15(24-14)25(22,23)19(13(21)4-2)10-11-8-6-5-7-9-11/h5-9H,3-4,10H2,1-2H3,(H,16,17,20). The number of amides is 2. The first-order valence-electron chi connectivity index (χ1n) is 7.61. The molecule has 8 nitrogen and oxygen atoms in total. The van der Waals surface area contributed by atoms with Crippen molar-refractivity contribution >= 4 is 38.3 Å². The second kappa shape index (κ2) is 8.17. The van der Waals surface area contributed by atoms with E-state index >= 15 is 0 Å². The quantitative estimate of drug-likeness (QED) is 0.734. The molecular formula is C15H18N4O4S2. The van der Waals surface area contributed by atoms with Gasteiger partial charge in [-0.2, -0.15) is 8.42 Å². The van der Waals surface area contributed by atoms with Crippen molar-refractivity contribution in [3.63, 3.8) is 0 Å². The van der Waals surface area contributed by atoms with Crippen molar-refractivity contribution in [2.24, 2.45) is 0 Å². The number of hydrogen-bond acceptors (Lipinski definition) is 7. The Balaban J connectivity index is 2.32.